The maximum Gasteiger partial charge on any atom is 0.230 e. The van der Waals surface area contributed by atoms with E-state index in [2.05, 4.69) is 62.4 Å². The Bertz CT molecular complexity index is 936. The van der Waals surface area contributed by atoms with Gasteiger partial charge in [0, 0.05) is 23.5 Å². The Morgan fingerprint density at radius 3 is 2.69 bits per heavy atom. The molecule has 154 valence electrons. The Hall–Kier alpha value is -2.16. The quantitative estimate of drug-likeness (QED) is 0.524. The summed E-state index contributed by atoms with van der Waals surface area (Å²) in [5.41, 5.74) is 2.23. The van der Waals surface area contributed by atoms with Gasteiger partial charge in [0.25, 0.3) is 0 Å². The molecule has 0 aliphatic heterocycles. The molecule has 8 heteroatoms. The lowest BCUT2D eigenvalue weighted by atomic mass is 10.1. The Morgan fingerprint density at radius 1 is 1.24 bits per heavy atom. The normalized spacial score (nSPS) is 12.3. The molecular weight excluding hydrogens is 402 g/mol. The fraction of sp³-hybridized carbons (Fsp3) is 0.381. The number of aryl methyl sites for hydroxylation is 1. The Labute approximate surface area is 180 Å². The van der Waals surface area contributed by atoms with E-state index in [9.17, 15) is 4.79 Å². The van der Waals surface area contributed by atoms with Gasteiger partial charge in [-0.3, -0.25) is 4.79 Å². The fourth-order valence-corrected chi connectivity index (χ4v) is 4.87. The second-order valence-corrected chi connectivity index (χ2v) is 8.87. The number of nitrogens with one attached hydrogen (secondary N) is 1. The van der Waals surface area contributed by atoms with E-state index in [1.54, 1.807) is 11.3 Å². The highest BCUT2D eigenvalue weighted by Crippen LogP contribution is 2.26. The molecule has 29 heavy (non-hydrogen) atoms. The van der Waals surface area contributed by atoms with Crippen LogP contribution >= 0.6 is 23.1 Å². The van der Waals surface area contributed by atoms with Gasteiger partial charge in [-0.25, -0.2) is 0 Å². The number of hydrogen-bond donors (Lipinski definition) is 1. The van der Waals surface area contributed by atoms with E-state index in [1.807, 2.05) is 32.3 Å². The van der Waals surface area contributed by atoms with Crippen molar-refractivity contribution in [2.75, 3.05) is 26.4 Å². The number of thioether (sulfide) groups is 1. The summed E-state index contributed by atoms with van der Waals surface area (Å²) in [6.07, 6.45) is 0. The Balaban J connectivity index is 1.61. The fourth-order valence-electron chi connectivity index (χ4n) is 3.11. The highest BCUT2D eigenvalue weighted by molar-refractivity contribution is 7.99. The van der Waals surface area contributed by atoms with E-state index < -0.39 is 0 Å². The third kappa shape index (κ3) is 5.26. The zero-order chi connectivity index (χ0) is 20.8. The van der Waals surface area contributed by atoms with Crippen LogP contribution in [0.4, 0.5) is 0 Å². The van der Waals surface area contributed by atoms with Crippen LogP contribution in [0.3, 0.4) is 0 Å². The van der Waals surface area contributed by atoms with Crippen molar-refractivity contribution in [3.05, 3.63) is 52.2 Å². The first-order chi connectivity index (χ1) is 14.0. The molecule has 1 amide bonds. The van der Waals surface area contributed by atoms with Crippen LogP contribution in [0.15, 0.2) is 46.9 Å². The van der Waals surface area contributed by atoms with E-state index in [1.165, 1.54) is 16.6 Å². The van der Waals surface area contributed by atoms with Crippen LogP contribution in [0, 0.1) is 6.92 Å². The highest BCUT2D eigenvalue weighted by atomic mass is 32.2. The van der Waals surface area contributed by atoms with Crippen molar-refractivity contribution in [2.24, 2.45) is 0 Å². The molecule has 0 spiro atoms. The molecule has 1 aromatic carbocycles. The van der Waals surface area contributed by atoms with Crippen molar-refractivity contribution in [1.82, 2.24) is 25.0 Å². The highest BCUT2D eigenvalue weighted by Gasteiger charge is 2.18. The van der Waals surface area contributed by atoms with E-state index in [-0.39, 0.29) is 11.9 Å². The largest absolute Gasteiger partial charge is 0.353 e. The summed E-state index contributed by atoms with van der Waals surface area (Å²) in [7, 11) is 4.06. The number of hydrogen-bond acceptors (Lipinski definition) is 6. The number of nitrogens with zero attached hydrogens (tertiary/aromatic N) is 4. The van der Waals surface area contributed by atoms with Gasteiger partial charge < -0.3 is 14.8 Å². The SMILES string of the molecule is CCn1c(SCC(=O)NCC(c2cccs2)N(C)C)nnc1-c1ccccc1C. The number of thiophene rings is 1. The number of amides is 1. The summed E-state index contributed by atoms with van der Waals surface area (Å²) in [6, 6.07) is 12.5. The Kier molecular flexibility index (Phi) is 7.46. The molecule has 1 N–H and O–H groups in total. The van der Waals surface area contributed by atoms with E-state index >= 15 is 0 Å². The van der Waals surface area contributed by atoms with Gasteiger partial charge in [-0.05, 0) is 45.0 Å². The van der Waals surface area contributed by atoms with Gasteiger partial charge in [-0.15, -0.1) is 21.5 Å². The summed E-state index contributed by atoms with van der Waals surface area (Å²) in [5, 5.41) is 14.6. The van der Waals surface area contributed by atoms with Crippen molar-refractivity contribution in [3.8, 4) is 11.4 Å². The molecule has 3 aromatic rings. The van der Waals surface area contributed by atoms with Crippen LogP contribution in [0.2, 0.25) is 0 Å². The third-order valence-electron chi connectivity index (χ3n) is 4.74. The van der Waals surface area contributed by atoms with Crippen LogP contribution in [0.5, 0.6) is 0 Å². The van der Waals surface area contributed by atoms with E-state index in [0.29, 0.717) is 12.3 Å². The van der Waals surface area contributed by atoms with Crippen LogP contribution in [0.25, 0.3) is 11.4 Å². The molecule has 0 saturated carbocycles. The average molecular weight is 430 g/mol. The average Bonchev–Trinajstić information content (AvgIpc) is 3.36. The number of rotatable bonds is 9. The van der Waals surface area contributed by atoms with Gasteiger partial charge in [0.15, 0.2) is 11.0 Å². The zero-order valence-electron chi connectivity index (χ0n) is 17.3. The molecule has 0 saturated heterocycles. The molecule has 0 bridgehead atoms. The van der Waals surface area contributed by atoms with Crippen molar-refractivity contribution < 1.29 is 4.79 Å². The van der Waals surface area contributed by atoms with Gasteiger partial charge in [0.2, 0.25) is 5.91 Å². The van der Waals surface area contributed by atoms with E-state index in [4.69, 9.17) is 0 Å². The topological polar surface area (TPSA) is 63.1 Å². The molecule has 3 rings (SSSR count). The summed E-state index contributed by atoms with van der Waals surface area (Å²) in [4.78, 5) is 15.8. The van der Waals surface area contributed by atoms with Gasteiger partial charge in [-0.2, -0.15) is 0 Å². The minimum Gasteiger partial charge on any atom is -0.353 e. The molecule has 0 aliphatic carbocycles. The number of aromatic nitrogens is 3. The molecule has 1 atom stereocenters. The molecule has 6 nitrogen and oxygen atoms in total. The molecule has 0 radical (unpaired) electrons. The predicted molar refractivity (Wildman–Crippen MR) is 120 cm³/mol. The second kappa shape index (κ2) is 10.0. The number of carbonyl (C=O) groups excluding carboxylic acids is 1. The summed E-state index contributed by atoms with van der Waals surface area (Å²) in [5.74, 6) is 1.16. The monoisotopic (exact) mass is 429 g/mol. The maximum absolute atomic E-state index is 12.4. The smallest absolute Gasteiger partial charge is 0.230 e. The summed E-state index contributed by atoms with van der Waals surface area (Å²) < 4.78 is 2.06. The van der Waals surface area contributed by atoms with Crippen LogP contribution in [-0.4, -0.2) is 52.0 Å². The van der Waals surface area contributed by atoms with Crippen molar-refractivity contribution in [1.29, 1.82) is 0 Å². The standard InChI is InChI=1S/C21H27N5OS2/c1-5-26-20(16-10-7-6-9-15(16)2)23-24-21(26)29-14-19(27)22-13-17(25(3)4)18-11-8-12-28-18/h6-12,17H,5,13-14H2,1-4H3,(H,22,27). The van der Waals surface area contributed by atoms with Gasteiger partial charge >= 0.3 is 0 Å². The Morgan fingerprint density at radius 2 is 2.03 bits per heavy atom. The van der Waals surface area contributed by atoms with Crippen molar-refractivity contribution in [3.63, 3.8) is 0 Å². The van der Waals surface area contributed by atoms with Crippen LogP contribution in [0.1, 0.15) is 23.4 Å². The lowest BCUT2D eigenvalue weighted by Crippen LogP contribution is -2.35. The first-order valence-electron chi connectivity index (χ1n) is 9.59. The minimum atomic E-state index is 0.00139. The lowest BCUT2D eigenvalue weighted by Gasteiger charge is -2.23. The molecular formula is C21H27N5OS2. The lowest BCUT2D eigenvalue weighted by molar-refractivity contribution is -0.118. The molecule has 2 heterocycles. The van der Waals surface area contributed by atoms with Gasteiger partial charge in [-0.1, -0.05) is 42.1 Å². The number of benzene rings is 1. The third-order valence-corrected chi connectivity index (χ3v) is 6.68. The van der Waals surface area contributed by atoms with Crippen LogP contribution in [-0.2, 0) is 11.3 Å². The molecule has 0 aliphatic rings. The first kappa shape index (κ1) is 21.5. The zero-order valence-corrected chi connectivity index (χ0v) is 18.9. The van der Waals surface area contributed by atoms with Crippen molar-refractivity contribution in [2.45, 2.75) is 31.6 Å². The van der Waals surface area contributed by atoms with Crippen molar-refractivity contribution >= 4 is 29.0 Å². The summed E-state index contributed by atoms with van der Waals surface area (Å²) >= 11 is 3.13. The summed E-state index contributed by atoms with van der Waals surface area (Å²) in [6.45, 7) is 5.47. The number of likely N-dealkylation sites (N-methyl/N-ethyl adjacent to an activating group) is 1. The second-order valence-electron chi connectivity index (χ2n) is 6.95. The first-order valence-corrected chi connectivity index (χ1v) is 11.5. The van der Waals surface area contributed by atoms with Crippen LogP contribution < -0.4 is 5.32 Å². The number of carbonyl (C=O) groups is 1. The molecule has 1 unspecified atom stereocenters. The van der Waals surface area contributed by atoms with Gasteiger partial charge in [0.1, 0.15) is 0 Å². The maximum atomic E-state index is 12.4. The minimum absolute atomic E-state index is 0.00139. The van der Waals surface area contributed by atoms with E-state index in [0.717, 1.165) is 28.7 Å². The van der Waals surface area contributed by atoms with Gasteiger partial charge in [0.05, 0.1) is 11.8 Å². The molecule has 0 fully saturated rings. The molecule has 2 aromatic heterocycles. The predicted octanol–water partition coefficient (Wildman–Crippen LogP) is 3.85.